The molecule has 0 atom stereocenters. The number of allylic oxidation sites excluding steroid dienone is 2. The number of rotatable bonds is 15. The van der Waals surface area contributed by atoms with E-state index in [0.29, 0.717) is 37.9 Å². The van der Waals surface area contributed by atoms with Gasteiger partial charge in [-0.25, -0.2) is 0 Å². The van der Waals surface area contributed by atoms with E-state index in [-0.39, 0.29) is 19.5 Å². The summed E-state index contributed by atoms with van der Waals surface area (Å²) in [5.41, 5.74) is 0.892. The molecule has 9 heteroatoms. The van der Waals surface area contributed by atoms with Crippen molar-refractivity contribution >= 4 is 12.0 Å². The van der Waals surface area contributed by atoms with Crippen LogP contribution in [0.1, 0.15) is 5.56 Å². The molecule has 32 heavy (non-hydrogen) atoms. The van der Waals surface area contributed by atoms with E-state index in [9.17, 15) is 4.79 Å². The fraction of sp³-hybridized carbons (Fsp3) is 0.522. The van der Waals surface area contributed by atoms with Crippen LogP contribution in [0.25, 0.3) is 6.08 Å². The number of ether oxygens (including phenoxy) is 6. The van der Waals surface area contributed by atoms with Gasteiger partial charge in [-0.1, -0.05) is 24.3 Å². The first-order valence-corrected chi connectivity index (χ1v) is 10.6. The third-order valence-corrected chi connectivity index (χ3v) is 4.49. The zero-order valence-electron chi connectivity index (χ0n) is 18.9. The smallest absolute Gasteiger partial charge is 0.246 e. The third kappa shape index (κ3) is 10.3. The molecule has 0 bridgehead atoms. The maximum Gasteiger partial charge on any atom is 0.246 e. The van der Waals surface area contributed by atoms with Gasteiger partial charge in [-0.05, 0) is 17.7 Å². The Labute approximate surface area is 189 Å². The van der Waals surface area contributed by atoms with Gasteiger partial charge in [0.15, 0.2) is 25.1 Å². The van der Waals surface area contributed by atoms with Gasteiger partial charge in [0.1, 0.15) is 0 Å². The molecule has 0 aliphatic carbocycles. The number of methoxy groups -OCH3 is 2. The van der Waals surface area contributed by atoms with Gasteiger partial charge in [0, 0.05) is 46.5 Å². The zero-order chi connectivity index (χ0) is 22.9. The van der Waals surface area contributed by atoms with Crippen molar-refractivity contribution in [3.63, 3.8) is 0 Å². The summed E-state index contributed by atoms with van der Waals surface area (Å²) in [6.07, 6.45) is 7.03. The molecule has 2 rings (SSSR count). The molecule has 1 fully saturated rings. The zero-order valence-corrected chi connectivity index (χ0v) is 18.9. The van der Waals surface area contributed by atoms with Gasteiger partial charge >= 0.3 is 0 Å². The molecule has 1 N–H and O–H groups in total. The van der Waals surface area contributed by atoms with E-state index in [2.05, 4.69) is 5.32 Å². The summed E-state index contributed by atoms with van der Waals surface area (Å²) in [6.45, 7) is 5.12. The van der Waals surface area contributed by atoms with E-state index in [0.717, 1.165) is 31.7 Å². The van der Waals surface area contributed by atoms with Crippen LogP contribution in [0, 0.1) is 0 Å². The van der Waals surface area contributed by atoms with E-state index >= 15 is 0 Å². The van der Waals surface area contributed by atoms with Gasteiger partial charge in [-0.2, -0.15) is 0 Å². The van der Waals surface area contributed by atoms with Crippen LogP contribution in [0.5, 0.6) is 11.5 Å². The maximum absolute atomic E-state index is 12.2. The number of carbonyl (C=O) groups excluding carboxylic acids is 1. The lowest BCUT2D eigenvalue weighted by molar-refractivity contribution is -0.126. The molecular formula is C23H34N2O7. The van der Waals surface area contributed by atoms with Gasteiger partial charge in [-0.15, -0.1) is 0 Å². The van der Waals surface area contributed by atoms with Gasteiger partial charge in [0.05, 0.1) is 26.4 Å². The van der Waals surface area contributed by atoms with Crippen LogP contribution < -0.4 is 14.8 Å². The standard InChI is InChI=1S/C23H34N2O7/c1-27-13-15-29-18-31-21-8-7-20(17-22(21)32-19-30-16-14-28-2)5-3-4-6-23(26)25-11-9-24-10-12-25/h3-8,17,24H,9-16,18-19H2,1-2H3. The van der Waals surface area contributed by atoms with E-state index in [4.69, 9.17) is 28.4 Å². The Morgan fingerprint density at radius 2 is 1.59 bits per heavy atom. The summed E-state index contributed by atoms with van der Waals surface area (Å²) in [5, 5.41) is 3.23. The molecular weight excluding hydrogens is 416 g/mol. The first-order chi connectivity index (χ1) is 15.7. The lowest BCUT2D eigenvalue weighted by atomic mass is 10.2. The molecule has 1 aliphatic heterocycles. The van der Waals surface area contributed by atoms with Crippen LogP contribution >= 0.6 is 0 Å². The topological polar surface area (TPSA) is 87.7 Å². The highest BCUT2D eigenvalue weighted by molar-refractivity contribution is 5.88. The van der Waals surface area contributed by atoms with Crippen molar-refractivity contribution in [2.24, 2.45) is 0 Å². The second kappa shape index (κ2) is 16.2. The Bertz CT molecular complexity index is 718. The van der Waals surface area contributed by atoms with E-state index < -0.39 is 0 Å². The third-order valence-electron chi connectivity index (χ3n) is 4.49. The molecule has 9 nitrogen and oxygen atoms in total. The van der Waals surface area contributed by atoms with Gasteiger partial charge in [-0.3, -0.25) is 4.79 Å². The highest BCUT2D eigenvalue weighted by Crippen LogP contribution is 2.29. The molecule has 1 heterocycles. The van der Waals surface area contributed by atoms with Gasteiger partial charge in [0.2, 0.25) is 5.91 Å². The number of hydrogen-bond donors (Lipinski definition) is 1. The Balaban J connectivity index is 1.93. The number of nitrogens with zero attached hydrogens (tertiary/aromatic N) is 1. The van der Waals surface area contributed by atoms with Crippen LogP contribution in [-0.2, 0) is 23.7 Å². The normalized spacial score (nSPS) is 14.4. The van der Waals surface area contributed by atoms with Crippen molar-refractivity contribution in [2.45, 2.75) is 0 Å². The van der Waals surface area contributed by atoms with Crippen LogP contribution in [0.3, 0.4) is 0 Å². The second-order valence-electron chi connectivity index (χ2n) is 6.83. The minimum atomic E-state index is 0.0191. The number of piperazine rings is 1. The Hall–Kier alpha value is -2.43. The second-order valence-corrected chi connectivity index (χ2v) is 6.83. The molecule has 0 spiro atoms. The Morgan fingerprint density at radius 1 is 0.938 bits per heavy atom. The molecule has 1 aromatic rings. The lowest BCUT2D eigenvalue weighted by Gasteiger charge is -2.26. The predicted molar refractivity (Wildman–Crippen MR) is 121 cm³/mol. The average molecular weight is 451 g/mol. The van der Waals surface area contributed by atoms with E-state index in [1.54, 1.807) is 32.4 Å². The first kappa shape index (κ1) is 25.8. The van der Waals surface area contributed by atoms with Crippen LogP contribution in [0.15, 0.2) is 36.4 Å². The monoisotopic (exact) mass is 450 g/mol. The fourth-order valence-corrected chi connectivity index (χ4v) is 2.77. The number of hydrogen-bond acceptors (Lipinski definition) is 8. The van der Waals surface area contributed by atoms with E-state index in [1.165, 1.54) is 0 Å². The number of benzene rings is 1. The van der Waals surface area contributed by atoms with Crippen molar-refractivity contribution in [1.82, 2.24) is 10.2 Å². The first-order valence-electron chi connectivity index (χ1n) is 10.6. The molecule has 0 unspecified atom stereocenters. The quantitative estimate of drug-likeness (QED) is 0.187. The molecule has 0 aromatic heterocycles. The number of carbonyl (C=O) groups is 1. The van der Waals surface area contributed by atoms with Crippen molar-refractivity contribution in [3.05, 3.63) is 42.0 Å². The molecule has 178 valence electrons. The average Bonchev–Trinajstić information content (AvgIpc) is 2.83. The fourth-order valence-electron chi connectivity index (χ4n) is 2.77. The summed E-state index contributed by atoms with van der Waals surface area (Å²) >= 11 is 0. The molecule has 1 aromatic carbocycles. The Kier molecular flexibility index (Phi) is 13.1. The van der Waals surface area contributed by atoms with Crippen molar-refractivity contribution in [2.75, 3.05) is 80.4 Å². The number of nitrogens with one attached hydrogen (secondary N) is 1. The number of amides is 1. The summed E-state index contributed by atoms with van der Waals surface area (Å²) < 4.78 is 32.0. The highest BCUT2D eigenvalue weighted by atomic mass is 16.7. The molecule has 1 amide bonds. The van der Waals surface area contributed by atoms with Crippen LogP contribution in [-0.4, -0.2) is 91.2 Å². The summed E-state index contributed by atoms with van der Waals surface area (Å²) in [7, 11) is 3.23. The summed E-state index contributed by atoms with van der Waals surface area (Å²) in [6, 6.07) is 5.54. The minimum Gasteiger partial charge on any atom is -0.464 e. The molecule has 1 aliphatic rings. The van der Waals surface area contributed by atoms with Gasteiger partial charge in [0.25, 0.3) is 0 Å². The van der Waals surface area contributed by atoms with Crippen LogP contribution in [0.2, 0.25) is 0 Å². The molecule has 1 saturated heterocycles. The largest absolute Gasteiger partial charge is 0.464 e. The lowest BCUT2D eigenvalue weighted by Crippen LogP contribution is -2.45. The van der Waals surface area contributed by atoms with Crippen molar-refractivity contribution in [1.29, 1.82) is 0 Å². The Morgan fingerprint density at radius 3 is 2.25 bits per heavy atom. The summed E-state index contributed by atoms with van der Waals surface area (Å²) in [5.74, 6) is 1.09. The van der Waals surface area contributed by atoms with Crippen LogP contribution in [0.4, 0.5) is 0 Å². The summed E-state index contributed by atoms with van der Waals surface area (Å²) in [4.78, 5) is 14.0. The highest BCUT2D eigenvalue weighted by Gasteiger charge is 2.12. The molecule has 0 saturated carbocycles. The molecule has 0 radical (unpaired) electrons. The SMILES string of the molecule is COCCOCOc1ccc(C=CC=CC(=O)N2CCNCC2)cc1OCOCCOC. The predicted octanol–water partition coefficient (Wildman–Crippen LogP) is 1.69. The maximum atomic E-state index is 12.2. The van der Waals surface area contributed by atoms with Crippen molar-refractivity contribution in [3.8, 4) is 11.5 Å². The van der Waals surface area contributed by atoms with Crippen molar-refractivity contribution < 1.29 is 33.2 Å². The minimum absolute atomic E-state index is 0.0191. The van der Waals surface area contributed by atoms with Gasteiger partial charge < -0.3 is 38.6 Å². The van der Waals surface area contributed by atoms with E-state index in [1.807, 2.05) is 29.2 Å².